The van der Waals surface area contributed by atoms with Crippen LogP contribution in [0.1, 0.15) is 26.7 Å². The molecule has 6 nitrogen and oxygen atoms in total. The molecule has 2 aromatic heterocycles. The minimum absolute atomic E-state index is 0.128. The van der Waals surface area contributed by atoms with Crippen molar-refractivity contribution in [1.29, 1.82) is 0 Å². The summed E-state index contributed by atoms with van der Waals surface area (Å²) in [5, 5.41) is 3.21. The van der Waals surface area contributed by atoms with Gasteiger partial charge in [0, 0.05) is 30.0 Å². The molecule has 0 unspecified atom stereocenters. The van der Waals surface area contributed by atoms with Gasteiger partial charge in [-0.25, -0.2) is 15.0 Å². The predicted molar refractivity (Wildman–Crippen MR) is 95.7 cm³/mol. The molecule has 23 heavy (non-hydrogen) atoms. The fourth-order valence-electron chi connectivity index (χ4n) is 2.81. The fourth-order valence-corrected chi connectivity index (χ4v) is 3.10. The first-order chi connectivity index (χ1) is 11.1. The van der Waals surface area contributed by atoms with Crippen LogP contribution in [0.15, 0.2) is 24.8 Å². The molecule has 0 aliphatic carbocycles. The van der Waals surface area contributed by atoms with E-state index in [2.05, 4.69) is 44.0 Å². The van der Waals surface area contributed by atoms with E-state index in [0.29, 0.717) is 0 Å². The van der Waals surface area contributed by atoms with Crippen molar-refractivity contribution in [3.63, 3.8) is 0 Å². The van der Waals surface area contributed by atoms with Gasteiger partial charge in [-0.3, -0.25) is 4.98 Å². The van der Waals surface area contributed by atoms with Gasteiger partial charge in [-0.2, -0.15) is 0 Å². The monoisotopic (exact) mass is 330 g/mol. The molecule has 1 saturated heterocycles. The molecule has 1 N–H and O–H groups in total. The van der Waals surface area contributed by atoms with Gasteiger partial charge in [-0.05, 0) is 32.9 Å². The van der Waals surface area contributed by atoms with E-state index in [1.807, 2.05) is 18.6 Å². The zero-order valence-electron chi connectivity index (χ0n) is 13.8. The van der Waals surface area contributed by atoms with Crippen LogP contribution in [0, 0.1) is 0 Å². The first-order valence-corrected chi connectivity index (χ1v) is 9.14. The van der Waals surface area contributed by atoms with Gasteiger partial charge in [0.25, 0.3) is 0 Å². The van der Waals surface area contributed by atoms with Gasteiger partial charge in [-0.15, -0.1) is 11.8 Å². The van der Waals surface area contributed by atoms with Crippen molar-refractivity contribution in [1.82, 2.24) is 19.9 Å². The Morgan fingerprint density at radius 3 is 2.65 bits per heavy atom. The van der Waals surface area contributed by atoms with Crippen LogP contribution < -0.4 is 10.2 Å². The molecule has 3 rings (SSSR count). The van der Waals surface area contributed by atoms with Gasteiger partial charge < -0.3 is 10.2 Å². The fraction of sp³-hybridized carbons (Fsp3) is 0.500. The van der Waals surface area contributed by atoms with E-state index in [-0.39, 0.29) is 5.54 Å². The van der Waals surface area contributed by atoms with E-state index in [0.717, 1.165) is 35.4 Å². The highest BCUT2D eigenvalue weighted by Crippen LogP contribution is 2.31. The summed E-state index contributed by atoms with van der Waals surface area (Å²) in [5.74, 6) is 2.36. The number of hydrogen-bond donors (Lipinski definition) is 1. The summed E-state index contributed by atoms with van der Waals surface area (Å²) in [6, 6.07) is 0. The smallest absolute Gasteiger partial charge is 0.225 e. The van der Waals surface area contributed by atoms with E-state index >= 15 is 0 Å². The maximum absolute atomic E-state index is 4.56. The van der Waals surface area contributed by atoms with Gasteiger partial charge in [0.05, 0.1) is 24.0 Å². The Hall–Kier alpha value is -1.89. The molecule has 7 heteroatoms. The van der Waals surface area contributed by atoms with E-state index in [1.54, 1.807) is 24.2 Å². The Balaban J connectivity index is 1.80. The van der Waals surface area contributed by atoms with Crippen molar-refractivity contribution in [2.75, 3.05) is 28.9 Å². The molecule has 0 amide bonds. The van der Waals surface area contributed by atoms with Crippen molar-refractivity contribution < 1.29 is 0 Å². The molecule has 1 aliphatic heterocycles. The quantitative estimate of drug-likeness (QED) is 0.845. The van der Waals surface area contributed by atoms with Crippen LogP contribution in [0.2, 0.25) is 0 Å². The maximum Gasteiger partial charge on any atom is 0.225 e. The molecule has 0 bridgehead atoms. The van der Waals surface area contributed by atoms with E-state index in [4.69, 9.17) is 0 Å². The highest BCUT2D eigenvalue weighted by Gasteiger charge is 2.33. The SMILES string of the molecule is CSCNc1cncc(-c2cnc(N3CCCC3(C)C)nc2)n1. The molecule has 3 heterocycles. The largest absolute Gasteiger partial charge is 0.360 e. The first kappa shape index (κ1) is 16.0. The summed E-state index contributed by atoms with van der Waals surface area (Å²) in [6.07, 6.45) is 11.5. The van der Waals surface area contributed by atoms with Gasteiger partial charge in [-0.1, -0.05) is 0 Å². The molecule has 2 aromatic rings. The maximum atomic E-state index is 4.56. The summed E-state index contributed by atoms with van der Waals surface area (Å²) < 4.78 is 0. The zero-order valence-corrected chi connectivity index (χ0v) is 14.6. The Morgan fingerprint density at radius 1 is 1.22 bits per heavy atom. The van der Waals surface area contributed by atoms with E-state index < -0.39 is 0 Å². The van der Waals surface area contributed by atoms with E-state index in [9.17, 15) is 0 Å². The standard InChI is InChI=1S/C16H22N6S/c1-16(2)5-4-6-22(16)15-18-7-12(8-19-15)13-9-17-10-14(21-13)20-11-23-3/h7-10H,4-6,11H2,1-3H3,(H,20,21). The van der Waals surface area contributed by atoms with Crippen LogP contribution in [0.4, 0.5) is 11.8 Å². The van der Waals surface area contributed by atoms with Crippen LogP contribution in [-0.4, -0.2) is 44.2 Å². The molecular formula is C16H22N6S. The molecule has 0 aromatic carbocycles. The normalized spacial score (nSPS) is 16.6. The molecule has 1 aliphatic rings. The average molecular weight is 330 g/mol. The highest BCUT2D eigenvalue weighted by atomic mass is 32.2. The minimum Gasteiger partial charge on any atom is -0.360 e. The first-order valence-electron chi connectivity index (χ1n) is 7.75. The lowest BCUT2D eigenvalue weighted by Crippen LogP contribution is -2.39. The van der Waals surface area contributed by atoms with Gasteiger partial charge in [0.15, 0.2) is 0 Å². The number of nitrogens with one attached hydrogen (secondary N) is 1. The third kappa shape index (κ3) is 3.55. The number of hydrogen-bond acceptors (Lipinski definition) is 7. The number of nitrogens with zero attached hydrogens (tertiary/aromatic N) is 5. The number of rotatable bonds is 5. The minimum atomic E-state index is 0.128. The second kappa shape index (κ2) is 6.70. The highest BCUT2D eigenvalue weighted by molar-refractivity contribution is 7.98. The molecule has 1 fully saturated rings. The van der Waals surface area contributed by atoms with Crippen LogP contribution in [0.3, 0.4) is 0 Å². The van der Waals surface area contributed by atoms with Crippen LogP contribution in [0.5, 0.6) is 0 Å². The van der Waals surface area contributed by atoms with Crippen molar-refractivity contribution in [2.45, 2.75) is 32.2 Å². The third-order valence-corrected chi connectivity index (χ3v) is 4.54. The summed E-state index contributed by atoms with van der Waals surface area (Å²) in [7, 11) is 0. The third-order valence-electron chi connectivity index (χ3n) is 4.11. The Kier molecular flexibility index (Phi) is 4.66. The van der Waals surface area contributed by atoms with Crippen molar-refractivity contribution in [2.24, 2.45) is 0 Å². The molecule has 122 valence electrons. The molecular weight excluding hydrogens is 308 g/mol. The van der Waals surface area contributed by atoms with Gasteiger partial charge in [0.1, 0.15) is 5.82 Å². The number of thioether (sulfide) groups is 1. The Bertz CT molecular complexity index is 658. The van der Waals surface area contributed by atoms with Crippen LogP contribution >= 0.6 is 11.8 Å². The zero-order chi connectivity index (χ0) is 16.3. The second-order valence-corrected chi connectivity index (χ2v) is 7.10. The lowest BCUT2D eigenvalue weighted by molar-refractivity contribution is 0.510. The predicted octanol–water partition coefficient (Wildman–Crippen LogP) is 3.04. The van der Waals surface area contributed by atoms with Crippen LogP contribution in [0.25, 0.3) is 11.3 Å². The summed E-state index contributed by atoms with van der Waals surface area (Å²) >= 11 is 1.70. The lowest BCUT2D eigenvalue weighted by Gasteiger charge is -2.31. The summed E-state index contributed by atoms with van der Waals surface area (Å²) in [4.78, 5) is 20.2. The topological polar surface area (TPSA) is 66.8 Å². The number of aromatic nitrogens is 4. The molecule has 0 atom stereocenters. The summed E-state index contributed by atoms with van der Waals surface area (Å²) in [6.45, 7) is 5.49. The van der Waals surface area contributed by atoms with Crippen molar-refractivity contribution >= 4 is 23.5 Å². The molecule has 0 spiro atoms. The molecule has 0 radical (unpaired) electrons. The average Bonchev–Trinajstić information content (AvgIpc) is 2.92. The number of anilines is 2. The van der Waals surface area contributed by atoms with Crippen LogP contribution in [-0.2, 0) is 0 Å². The second-order valence-electron chi connectivity index (χ2n) is 6.24. The Labute approximate surface area is 141 Å². The van der Waals surface area contributed by atoms with Crippen molar-refractivity contribution in [3.8, 4) is 11.3 Å². The van der Waals surface area contributed by atoms with Gasteiger partial charge in [0.2, 0.25) is 5.95 Å². The van der Waals surface area contributed by atoms with Gasteiger partial charge >= 0.3 is 0 Å². The Morgan fingerprint density at radius 2 is 2.00 bits per heavy atom. The molecule has 0 saturated carbocycles. The lowest BCUT2D eigenvalue weighted by atomic mass is 10.0. The van der Waals surface area contributed by atoms with Crippen molar-refractivity contribution in [3.05, 3.63) is 24.8 Å². The summed E-state index contributed by atoms with van der Waals surface area (Å²) in [5.41, 5.74) is 1.79. The van der Waals surface area contributed by atoms with E-state index in [1.165, 1.54) is 12.8 Å².